The molecular formula is C13H13NO4. The van der Waals surface area contributed by atoms with Crippen LogP contribution in [0.5, 0.6) is 5.75 Å². The van der Waals surface area contributed by atoms with Crippen molar-refractivity contribution in [1.29, 1.82) is 0 Å². The maximum atomic E-state index is 11.4. The third-order valence-corrected chi connectivity index (χ3v) is 2.27. The van der Waals surface area contributed by atoms with Crippen LogP contribution in [-0.2, 0) is 16.0 Å². The van der Waals surface area contributed by atoms with Crippen molar-refractivity contribution in [2.75, 3.05) is 7.11 Å². The lowest BCUT2D eigenvalue weighted by Gasteiger charge is -2.13. The van der Waals surface area contributed by atoms with Crippen LogP contribution in [-0.4, -0.2) is 25.1 Å². The quantitative estimate of drug-likeness (QED) is 0.619. The molecule has 1 unspecified atom stereocenters. The molecule has 1 rings (SSSR count). The SMILES string of the molecule is C#CC(=O)C(Cc1ccc(OC)cc1)OC(N)=O. The van der Waals surface area contributed by atoms with Crippen molar-refractivity contribution in [1.82, 2.24) is 0 Å². The predicted molar refractivity (Wildman–Crippen MR) is 65.0 cm³/mol. The van der Waals surface area contributed by atoms with Gasteiger partial charge >= 0.3 is 6.09 Å². The molecule has 18 heavy (non-hydrogen) atoms. The van der Waals surface area contributed by atoms with E-state index in [1.54, 1.807) is 31.4 Å². The molecule has 0 aliphatic heterocycles. The van der Waals surface area contributed by atoms with E-state index < -0.39 is 18.0 Å². The molecule has 0 bridgehead atoms. The van der Waals surface area contributed by atoms with Crippen LogP contribution in [0, 0.1) is 12.3 Å². The Labute approximate surface area is 105 Å². The van der Waals surface area contributed by atoms with Gasteiger partial charge in [-0.3, -0.25) is 4.79 Å². The highest BCUT2D eigenvalue weighted by Crippen LogP contribution is 2.14. The summed E-state index contributed by atoms with van der Waals surface area (Å²) in [6, 6.07) is 6.97. The lowest BCUT2D eigenvalue weighted by Crippen LogP contribution is -2.31. The summed E-state index contributed by atoms with van der Waals surface area (Å²) >= 11 is 0. The second-order valence-electron chi connectivity index (χ2n) is 3.49. The summed E-state index contributed by atoms with van der Waals surface area (Å²) in [7, 11) is 1.55. The van der Waals surface area contributed by atoms with Crippen molar-refractivity contribution in [2.45, 2.75) is 12.5 Å². The minimum absolute atomic E-state index is 0.177. The van der Waals surface area contributed by atoms with Gasteiger partial charge in [0.05, 0.1) is 7.11 Å². The summed E-state index contributed by atoms with van der Waals surface area (Å²) in [6.07, 6.45) is 3.09. The van der Waals surface area contributed by atoms with E-state index in [9.17, 15) is 9.59 Å². The average molecular weight is 247 g/mol. The second-order valence-corrected chi connectivity index (χ2v) is 3.49. The van der Waals surface area contributed by atoms with Crippen molar-refractivity contribution in [2.24, 2.45) is 5.73 Å². The van der Waals surface area contributed by atoms with Gasteiger partial charge in [0, 0.05) is 6.42 Å². The van der Waals surface area contributed by atoms with Crippen molar-refractivity contribution in [3.63, 3.8) is 0 Å². The lowest BCUT2D eigenvalue weighted by atomic mass is 10.0. The zero-order valence-electron chi connectivity index (χ0n) is 9.88. The minimum Gasteiger partial charge on any atom is -0.497 e. The van der Waals surface area contributed by atoms with Gasteiger partial charge in [0.1, 0.15) is 5.75 Å². The van der Waals surface area contributed by atoms with Crippen LogP contribution in [0.4, 0.5) is 4.79 Å². The molecule has 0 heterocycles. The molecule has 0 aliphatic rings. The maximum absolute atomic E-state index is 11.4. The molecule has 0 spiro atoms. The number of carbonyl (C=O) groups excluding carboxylic acids is 2. The number of methoxy groups -OCH3 is 1. The van der Waals surface area contributed by atoms with Gasteiger partial charge < -0.3 is 15.2 Å². The zero-order valence-corrected chi connectivity index (χ0v) is 9.88. The summed E-state index contributed by atoms with van der Waals surface area (Å²) < 4.78 is 9.68. The zero-order chi connectivity index (χ0) is 13.5. The Kier molecular flexibility index (Phi) is 4.76. The van der Waals surface area contributed by atoms with E-state index >= 15 is 0 Å². The Balaban J connectivity index is 2.79. The number of benzene rings is 1. The molecule has 94 valence electrons. The highest BCUT2D eigenvalue weighted by molar-refractivity contribution is 5.99. The molecule has 1 amide bonds. The molecule has 0 aliphatic carbocycles. The number of terminal acetylenes is 1. The summed E-state index contributed by atoms with van der Waals surface area (Å²) in [4.78, 5) is 22.1. The van der Waals surface area contributed by atoms with Crippen LogP contribution < -0.4 is 10.5 Å². The lowest BCUT2D eigenvalue weighted by molar-refractivity contribution is -0.121. The van der Waals surface area contributed by atoms with Crippen molar-refractivity contribution < 1.29 is 19.1 Å². The molecule has 1 atom stereocenters. The van der Waals surface area contributed by atoms with Crippen LogP contribution >= 0.6 is 0 Å². The van der Waals surface area contributed by atoms with E-state index in [4.69, 9.17) is 16.9 Å². The summed E-state index contributed by atoms with van der Waals surface area (Å²) in [6.45, 7) is 0. The smallest absolute Gasteiger partial charge is 0.405 e. The highest BCUT2D eigenvalue weighted by Gasteiger charge is 2.20. The molecule has 1 aromatic carbocycles. The second kappa shape index (κ2) is 6.30. The molecule has 0 radical (unpaired) electrons. The fourth-order valence-corrected chi connectivity index (χ4v) is 1.40. The van der Waals surface area contributed by atoms with E-state index in [1.807, 2.05) is 5.92 Å². The number of ether oxygens (including phenoxy) is 2. The van der Waals surface area contributed by atoms with E-state index in [-0.39, 0.29) is 6.42 Å². The number of carbonyl (C=O) groups is 2. The molecule has 1 aromatic rings. The number of hydrogen-bond donors (Lipinski definition) is 1. The van der Waals surface area contributed by atoms with Gasteiger partial charge in [-0.1, -0.05) is 12.1 Å². The van der Waals surface area contributed by atoms with Gasteiger partial charge in [0.25, 0.3) is 0 Å². The standard InChI is InChI=1S/C13H13NO4/c1-3-11(15)12(18-13(14)16)8-9-4-6-10(17-2)7-5-9/h1,4-7,12H,8H2,2H3,(H2,14,16). The van der Waals surface area contributed by atoms with E-state index in [2.05, 4.69) is 4.74 Å². The normalized spacial score (nSPS) is 11.1. The Hall–Kier alpha value is -2.48. The summed E-state index contributed by atoms with van der Waals surface area (Å²) in [5, 5.41) is 0. The first-order valence-corrected chi connectivity index (χ1v) is 5.16. The molecule has 0 aromatic heterocycles. The Morgan fingerprint density at radius 3 is 2.44 bits per heavy atom. The number of rotatable bonds is 5. The van der Waals surface area contributed by atoms with Gasteiger partial charge in [0.2, 0.25) is 5.78 Å². The Morgan fingerprint density at radius 2 is 2.00 bits per heavy atom. The Morgan fingerprint density at radius 1 is 1.39 bits per heavy atom. The number of ketones is 1. The number of amides is 1. The minimum atomic E-state index is -1.05. The van der Waals surface area contributed by atoms with E-state index in [1.165, 1.54) is 0 Å². The monoisotopic (exact) mass is 247 g/mol. The van der Waals surface area contributed by atoms with Crippen molar-refractivity contribution in [3.8, 4) is 18.1 Å². The van der Waals surface area contributed by atoms with E-state index in [0.717, 1.165) is 5.56 Å². The molecule has 0 saturated heterocycles. The van der Waals surface area contributed by atoms with Crippen LogP contribution in [0.15, 0.2) is 24.3 Å². The summed E-state index contributed by atoms with van der Waals surface area (Å²) in [5.41, 5.74) is 5.67. The molecule has 2 N–H and O–H groups in total. The largest absolute Gasteiger partial charge is 0.497 e. The first kappa shape index (κ1) is 13.6. The van der Waals surface area contributed by atoms with Gasteiger partial charge in [-0.15, -0.1) is 6.42 Å². The van der Waals surface area contributed by atoms with Gasteiger partial charge in [-0.2, -0.15) is 0 Å². The molecule has 0 saturated carbocycles. The molecule has 5 nitrogen and oxygen atoms in total. The Bertz CT molecular complexity index is 473. The first-order chi connectivity index (χ1) is 8.56. The molecule has 5 heteroatoms. The third kappa shape index (κ3) is 3.83. The number of primary amides is 1. The predicted octanol–water partition coefficient (Wildman–Crippen LogP) is 0.904. The van der Waals surface area contributed by atoms with Crippen LogP contribution in [0.1, 0.15) is 5.56 Å². The maximum Gasteiger partial charge on any atom is 0.405 e. The van der Waals surface area contributed by atoms with Gasteiger partial charge in [-0.05, 0) is 23.6 Å². The van der Waals surface area contributed by atoms with Crippen molar-refractivity contribution in [3.05, 3.63) is 29.8 Å². The summed E-state index contributed by atoms with van der Waals surface area (Å²) in [5.74, 6) is 1.99. The highest BCUT2D eigenvalue weighted by atomic mass is 16.6. The third-order valence-electron chi connectivity index (χ3n) is 2.27. The van der Waals surface area contributed by atoms with Crippen LogP contribution in [0.25, 0.3) is 0 Å². The fraction of sp³-hybridized carbons (Fsp3) is 0.231. The average Bonchev–Trinajstić information content (AvgIpc) is 2.37. The van der Waals surface area contributed by atoms with E-state index in [0.29, 0.717) is 5.75 Å². The van der Waals surface area contributed by atoms with Crippen LogP contribution in [0.3, 0.4) is 0 Å². The first-order valence-electron chi connectivity index (χ1n) is 5.16. The fourth-order valence-electron chi connectivity index (χ4n) is 1.40. The van der Waals surface area contributed by atoms with Gasteiger partial charge in [0.15, 0.2) is 6.10 Å². The number of Topliss-reactive ketones (excluding diaryl/α,β-unsaturated/α-hetero) is 1. The molecule has 0 fully saturated rings. The van der Waals surface area contributed by atoms with Crippen LogP contribution in [0.2, 0.25) is 0 Å². The number of hydrogen-bond acceptors (Lipinski definition) is 4. The van der Waals surface area contributed by atoms with Crippen molar-refractivity contribution >= 4 is 11.9 Å². The van der Waals surface area contributed by atoms with Gasteiger partial charge in [-0.25, -0.2) is 4.79 Å². The molecular weight excluding hydrogens is 234 g/mol. The topological polar surface area (TPSA) is 78.6 Å². The number of nitrogens with two attached hydrogens (primary N) is 1.